The van der Waals surface area contributed by atoms with E-state index in [1.54, 1.807) is 24.4 Å². The Morgan fingerprint density at radius 2 is 1.82 bits per heavy atom. The number of carbonyl (C=O) groups is 1. The van der Waals surface area contributed by atoms with E-state index in [9.17, 15) is 22.4 Å². The largest absolute Gasteiger partial charge is 0.461 e. The highest BCUT2D eigenvalue weighted by molar-refractivity contribution is 14.1. The smallest absolute Gasteiger partial charge is 0.428 e. The van der Waals surface area contributed by atoms with Crippen LogP contribution >= 0.6 is 22.6 Å². The summed E-state index contributed by atoms with van der Waals surface area (Å²) in [4.78, 5) is 17.8. The number of rotatable bonds is 10. The molecule has 3 N–H and O–H groups in total. The predicted octanol–water partition coefficient (Wildman–Crippen LogP) is 6.28. The number of nitrogens with one attached hydrogen (secondary N) is 3. The number of benzene rings is 2. The van der Waals surface area contributed by atoms with Gasteiger partial charge in [0.05, 0.1) is 5.69 Å². The number of anilines is 1. The third-order valence-corrected chi connectivity index (χ3v) is 6.51. The molecule has 0 unspecified atom stereocenters. The van der Waals surface area contributed by atoms with E-state index in [0.717, 1.165) is 17.2 Å². The minimum absolute atomic E-state index is 0.146. The van der Waals surface area contributed by atoms with Crippen LogP contribution < -0.4 is 15.4 Å². The van der Waals surface area contributed by atoms with Gasteiger partial charge < -0.3 is 10.1 Å². The van der Waals surface area contributed by atoms with E-state index >= 15 is 0 Å². The molecule has 0 aliphatic rings. The minimum atomic E-state index is -4.70. The molecular weight excluding hydrogens is 617 g/mol. The quantitative estimate of drug-likeness (QED) is 0.108. The van der Waals surface area contributed by atoms with Crippen LogP contribution in [0.15, 0.2) is 85.2 Å². The first-order chi connectivity index (χ1) is 18.2. The monoisotopic (exact) mass is 639 g/mol. The summed E-state index contributed by atoms with van der Waals surface area (Å²) in [5.41, 5.74) is 0.972. The van der Waals surface area contributed by atoms with E-state index in [4.69, 9.17) is 0 Å². The molecule has 2 aromatic carbocycles. The van der Waals surface area contributed by atoms with Crippen LogP contribution in [0.25, 0.3) is 0 Å². The Bertz CT molecular complexity index is 1340. The lowest BCUT2D eigenvalue weighted by atomic mass is 9.80. The summed E-state index contributed by atoms with van der Waals surface area (Å²) in [6, 6.07) is 18.9. The maximum absolute atomic E-state index is 13.8. The van der Waals surface area contributed by atoms with Gasteiger partial charge in [0.2, 0.25) is 0 Å². The number of carbonyl (C=O) groups excluding carboxylic acids is 1. The van der Waals surface area contributed by atoms with Gasteiger partial charge in [-0.1, -0.05) is 71.1 Å². The Morgan fingerprint density at radius 1 is 1.03 bits per heavy atom. The Morgan fingerprint density at radius 3 is 2.45 bits per heavy atom. The molecule has 0 aliphatic heterocycles. The number of pyridine rings is 1. The van der Waals surface area contributed by atoms with Gasteiger partial charge in [-0.2, -0.15) is 22.7 Å². The number of nitrogens with zero attached hydrogens (tertiary/aromatic N) is 2. The van der Waals surface area contributed by atoms with E-state index < -0.39 is 29.9 Å². The van der Waals surface area contributed by atoms with Crippen molar-refractivity contribution in [2.45, 2.75) is 28.9 Å². The van der Waals surface area contributed by atoms with Crippen molar-refractivity contribution in [3.05, 3.63) is 108 Å². The molecule has 0 spiro atoms. The maximum Gasteiger partial charge on any atom is 0.461 e. The molecule has 2 heterocycles. The maximum atomic E-state index is 13.8. The highest BCUT2D eigenvalue weighted by Crippen LogP contribution is 2.36. The molecule has 0 radical (unpaired) electrons. The van der Waals surface area contributed by atoms with Crippen molar-refractivity contribution in [2.75, 3.05) is 5.32 Å². The Hall–Kier alpha value is -3.68. The third kappa shape index (κ3) is 6.41. The molecule has 2 amide bonds. The summed E-state index contributed by atoms with van der Waals surface area (Å²) >= 11 is 2.19. The van der Waals surface area contributed by atoms with Crippen molar-refractivity contribution < 1.29 is 27.1 Å². The van der Waals surface area contributed by atoms with Gasteiger partial charge in [-0.25, -0.2) is 4.79 Å². The summed E-state index contributed by atoms with van der Waals surface area (Å²) in [5.74, 6) is -0.249. The van der Waals surface area contributed by atoms with Gasteiger partial charge in [0, 0.05) is 29.3 Å². The number of hydrogen-bond donors (Lipinski definition) is 3. The van der Waals surface area contributed by atoms with Crippen molar-refractivity contribution in [1.82, 2.24) is 20.5 Å². The fourth-order valence-electron chi connectivity index (χ4n) is 3.88. The lowest BCUT2D eigenvalue weighted by molar-refractivity contribution is -0.253. The number of aromatic amines is 1. The van der Waals surface area contributed by atoms with Crippen molar-refractivity contribution >= 4 is 34.4 Å². The second kappa shape index (κ2) is 11.8. The van der Waals surface area contributed by atoms with Gasteiger partial charge in [-0.15, -0.1) is 0 Å². The molecule has 0 saturated carbocycles. The highest BCUT2D eigenvalue weighted by Gasteiger charge is 2.44. The molecule has 0 saturated heterocycles. The van der Waals surface area contributed by atoms with Crippen molar-refractivity contribution in [1.29, 1.82) is 0 Å². The molecule has 12 heteroatoms. The minimum Gasteiger partial charge on any atom is -0.428 e. The molecule has 2 aromatic heterocycles. The lowest BCUT2D eigenvalue weighted by Gasteiger charge is -2.35. The van der Waals surface area contributed by atoms with E-state index in [-0.39, 0.29) is 17.8 Å². The molecule has 7 nitrogen and oxygen atoms in total. The molecule has 38 heavy (non-hydrogen) atoms. The normalized spacial score (nSPS) is 13.1. The summed E-state index contributed by atoms with van der Waals surface area (Å²) < 4.78 is 58.3. The average molecular weight is 639 g/mol. The number of alkyl halides is 5. The molecule has 1 atom stereocenters. The first-order valence-corrected chi connectivity index (χ1v) is 12.8. The second-order valence-electron chi connectivity index (χ2n) is 8.28. The van der Waals surface area contributed by atoms with E-state index in [1.807, 2.05) is 36.4 Å². The van der Waals surface area contributed by atoms with E-state index in [2.05, 4.69) is 53.1 Å². The second-order valence-corrected chi connectivity index (χ2v) is 9.05. The molecule has 198 valence electrons. The summed E-state index contributed by atoms with van der Waals surface area (Å²) in [7, 11) is 0. The van der Waals surface area contributed by atoms with Crippen molar-refractivity contribution in [2.24, 2.45) is 0 Å². The highest BCUT2D eigenvalue weighted by atomic mass is 127. The predicted molar refractivity (Wildman–Crippen MR) is 142 cm³/mol. The van der Waals surface area contributed by atoms with Crippen LogP contribution in [0.1, 0.15) is 22.4 Å². The standard InChI is InChI=1S/C26H22F4IN5O2/c27-23(28)26(29,30)38-20-8-4-7-19(13-20)25(14-17-5-2-1-3-6-17,21-10-9-18(15-31)16-32-21)35-24(37)34-22-11-12-33-36-22/h1-13,16,23H,14-15H2,(H3,33,34,35,36,37)/t25-/m0/s1. The van der Waals surface area contributed by atoms with Crippen molar-refractivity contribution in [3.8, 4) is 5.75 Å². The number of halogens is 5. The van der Waals surface area contributed by atoms with E-state index in [0.29, 0.717) is 10.1 Å². The van der Waals surface area contributed by atoms with Crippen LogP contribution in [-0.2, 0) is 16.4 Å². The number of amides is 2. The number of urea groups is 1. The number of aromatic nitrogens is 3. The molecule has 4 rings (SSSR count). The molecule has 0 bridgehead atoms. The zero-order valence-electron chi connectivity index (χ0n) is 19.7. The summed E-state index contributed by atoms with van der Waals surface area (Å²) in [6.07, 6.45) is -5.40. The summed E-state index contributed by atoms with van der Waals surface area (Å²) in [5, 5.41) is 12.1. The number of ether oxygens (including phenoxy) is 1. The molecule has 0 aliphatic carbocycles. The van der Waals surface area contributed by atoms with Crippen LogP contribution in [0.5, 0.6) is 5.75 Å². The van der Waals surface area contributed by atoms with Crippen molar-refractivity contribution in [3.63, 3.8) is 0 Å². The SMILES string of the molecule is O=C(Nc1cc[nH]n1)N[C@@](Cc1ccccc1)(c1cccc(OC(F)(F)C(F)F)c1)c1ccc(CI)cn1. The van der Waals surface area contributed by atoms with Crippen LogP contribution in [0.2, 0.25) is 0 Å². The Labute approximate surface area is 229 Å². The average Bonchev–Trinajstić information content (AvgIpc) is 3.41. The van der Waals surface area contributed by atoms with Gasteiger partial charge in [0.1, 0.15) is 11.3 Å². The van der Waals surface area contributed by atoms with Gasteiger partial charge in [0.25, 0.3) is 0 Å². The first-order valence-electron chi connectivity index (χ1n) is 11.3. The number of H-pyrrole nitrogens is 1. The molecule has 4 aromatic rings. The van der Waals surface area contributed by atoms with Crippen LogP contribution in [-0.4, -0.2) is 33.7 Å². The lowest BCUT2D eigenvalue weighted by Crippen LogP contribution is -2.50. The fourth-order valence-corrected chi connectivity index (χ4v) is 4.33. The summed E-state index contributed by atoms with van der Waals surface area (Å²) in [6.45, 7) is 0. The van der Waals surface area contributed by atoms with Gasteiger partial charge in [-0.05, 0) is 34.9 Å². The topological polar surface area (TPSA) is 91.9 Å². The molecule has 0 fully saturated rings. The van der Waals surface area contributed by atoms with Crippen LogP contribution in [0.3, 0.4) is 0 Å². The first kappa shape index (κ1) is 27.4. The molecular formula is C26H22F4IN5O2. The third-order valence-electron chi connectivity index (χ3n) is 5.63. The van der Waals surface area contributed by atoms with Crippen LogP contribution in [0.4, 0.5) is 28.2 Å². The Kier molecular flexibility index (Phi) is 8.49. The fraction of sp³-hybridized carbons (Fsp3) is 0.192. The number of hydrogen-bond acceptors (Lipinski definition) is 4. The van der Waals surface area contributed by atoms with Gasteiger partial charge >= 0.3 is 18.6 Å². The van der Waals surface area contributed by atoms with Gasteiger partial charge in [0.15, 0.2) is 5.82 Å². The zero-order chi connectivity index (χ0) is 27.2. The Balaban J connectivity index is 1.85. The zero-order valence-corrected chi connectivity index (χ0v) is 21.8. The van der Waals surface area contributed by atoms with E-state index in [1.165, 1.54) is 18.3 Å². The van der Waals surface area contributed by atoms with Gasteiger partial charge in [-0.3, -0.25) is 15.4 Å². The van der Waals surface area contributed by atoms with Crippen LogP contribution in [0, 0.1) is 0 Å².